The van der Waals surface area contributed by atoms with Crippen LogP contribution in [0.25, 0.3) is 10.4 Å². The predicted molar refractivity (Wildman–Crippen MR) is 126 cm³/mol. The number of ether oxygens (including phenoxy) is 1. The quantitative estimate of drug-likeness (QED) is 0.0973. The van der Waals surface area contributed by atoms with E-state index in [1.807, 2.05) is 54.6 Å². The van der Waals surface area contributed by atoms with Gasteiger partial charge in [-0.2, -0.15) is 0 Å². The van der Waals surface area contributed by atoms with Gasteiger partial charge in [-0.3, -0.25) is 4.79 Å². The maximum Gasteiger partial charge on any atom is 0.316 e. The fourth-order valence-electron chi connectivity index (χ4n) is 3.42. The van der Waals surface area contributed by atoms with Crippen LogP contribution in [0.5, 0.6) is 0 Å². The fraction of sp³-hybridized carbons (Fsp3) is 0.160. The van der Waals surface area contributed by atoms with E-state index in [0.29, 0.717) is 0 Å². The Morgan fingerprint density at radius 2 is 1.42 bits per heavy atom. The zero-order valence-electron chi connectivity index (χ0n) is 17.0. The first-order valence-electron chi connectivity index (χ1n) is 9.84. The van der Waals surface area contributed by atoms with Gasteiger partial charge in [-0.15, -0.1) is 11.8 Å². The number of carbonyl (C=O) groups is 1. The van der Waals surface area contributed by atoms with Crippen LogP contribution in [0.3, 0.4) is 0 Å². The summed E-state index contributed by atoms with van der Waals surface area (Å²) in [6, 6.07) is 29.4. The second kappa shape index (κ2) is 11.1. The minimum absolute atomic E-state index is 0.0716. The Kier molecular flexibility index (Phi) is 7.93. The molecule has 0 aromatic heterocycles. The molecule has 0 unspecified atom stereocenters. The first-order chi connectivity index (χ1) is 15.2. The van der Waals surface area contributed by atoms with E-state index < -0.39 is 16.8 Å². The van der Waals surface area contributed by atoms with E-state index in [0.717, 1.165) is 16.7 Å². The molecule has 1 atom stereocenters. The summed E-state index contributed by atoms with van der Waals surface area (Å²) in [5.41, 5.74) is 12.2. The van der Waals surface area contributed by atoms with Gasteiger partial charge in [-0.25, -0.2) is 0 Å². The molecule has 0 fully saturated rings. The highest BCUT2D eigenvalue weighted by Crippen LogP contribution is 2.48. The molecule has 31 heavy (non-hydrogen) atoms. The van der Waals surface area contributed by atoms with Crippen LogP contribution >= 0.6 is 11.8 Å². The second-order valence-corrected chi connectivity index (χ2v) is 7.96. The van der Waals surface area contributed by atoms with Gasteiger partial charge in [0.2, 0.25) is 0 Å². The maximum absolute atomic E-state index is 12.5. The summed E-state index contributed by atoms with van der Waals surface area (Å²) in [6.07, 6.45) is 1.49. The van der Waals surface area contributed by atoms with Crippen molar-refractivity contribution >= 4 is 17.7 Å². The summed E-state index contributed by atoms with van der Waals surface area (Å²) in [6.45, 7) is 3.63. The largest absolute Gasteiger partial charge is 0.461 e. The zero-order valence-corrected chi connectivity index (χ0v) is 17.8. The van der Waals surface area contributed by atoms with Crippen molar-refractivity contribution in [3.8, 4) is 0 Å². The van der Waals surface area contributed by atoms with Crippen molar-refractivity contribution < 1.29 is 9.53 Å². The Morgan fingerprint density at radius 3 is 1.81 bits per heavy atom. The Hall–Kier alpha value is -3.47. The number of nitrogens with zero attached hydrogens (tertiary/aromatic N) is 3. The van der Waals surface area contributed by atoms with Gasteiger partial charge in [0.05, 0.1) is 4.75 Å². The average Bonchev–Trinajstić information content (AvgIpc) is 2.84. The SMILES string of the molecule is C=CCOC(=O)[C@H](CSC(c1ccccc1)(c1ccccc1)c1ccccc1)N=[N+]=[N-]. The summed E-state index contributed by atoms with van der Waals surface area (Å²) in [7, 11) is 0. The molecule has 0 spiro atoms. The number of benzene rings is 3. The second-order valence-electron chi connectivity index (χ2n) is 6.73. The van der Waals surface area contributed by atoms with Crippen molar-refractivity contribution in [2.24, 2.45) is 5.11 Å². The van der Waals surface area contributed by atoms with Crippen LogP contribution in [0.15, 0.2) is 109 Å². The van der Waals surface area contributed by atoms with Gasteiger partial charge in [0.1, 0.15) is 12.6 Å². The van der Waals surface area contributed by atoms with E-state index in [-0.39, 0.29) is 12.4 Å². The first-order valence-corrected chi connectivity index (χ1v) is 10.8. The van der Waals surface area contributed by atoms with Gasteiger partial charge in [0.25, 0.3) is 0 Å². The number of hydrogen-bond donors (Lipinski definition) is 0. The van der Waals surface area contributed by atoms with Gasteiger partial charge in [-0.1, -0.05) is 109 Å². The highest BCUT2D eigenvalue weighted by atomic mass is 32.2. The molecule has 6 heteroatoms. The molecule has 0 saturated carbocycles. The summed E-state index contributed by atoms with van der Waals surface area (Å²) in [5.74, 6) is -0.313. The number of azide groups is 1. The van der Waals surface area contributed by atoms with E-state index in [4.69, 9.17) is 10.3 Å². The Balaban J connectivity index is 2.10. The van der Waals surface area contributed by atoms with Gasteiger partial charge in [-0.05, 0) is 22.2 Å². The molecule has 5 nitrogen and oxygen atoms in total. The number of esters is 1. The lowest BCUT2D eigenvalue weighted by atomic mass is 9.84. The molecule has 0 saturated heterocycles. The molecule has 3 aromatic carbocycles. The van der Waals surface area contributed by atoms with Crippen LogP contribution in [-0.2, 0) is 14.3 Å². The third-order valence-corrected chi connectivity index (χ3v) is 6.43. The Morgan fingerprint density at radius 1 is 0.968 bits per heavy atom. The van der Waals surface area contributed by atoms with Crippen LogP contribution in [0.2, 0.25) is 0 Å². The normalized spacial score (nSPS) is 11.7. The van der Waals surface area contributed by atoms with Crippen LogP contribution in [0.4, 0.5) is 0 Å². The summed E-state index contributed by atoms with van der Waals surface area (Å²) >= 11 is 1.55. The van der Waals surface area contributed by atoms with E-state index in [9.17, 15) is 4.79 Å². The van der Waals surface area contributed by atoms with Crippen LogP contribution in [0.1, 0.15) is 16.7 Å². The van der Waals surface area contributed by atoms with Crippen molar-refractivity contribution in [3.63, 3.8) is 0 Å². The van der Waals surface area contributed by atoms with E-state index in [1.165, 1.54) is 6.08 Å². The summed E-state index contributed by atoms with van der Waals surface area (Å²) in [5, 5.41) is 3.71. The van der Waals surface area contributed by atoms with Crippen molar-refractivity contribution in [2.45, 2.75) is 10.8 Å². The Labute approximate surface area is 186 Å². The predicted octanol–water partition coefficient (Wildman–Crippen LogP) is 6.12. The topological polar surface area (TPSA) is 75.1 Å². The third kappa shape index (κ3) is 5.18. The van der Waals surface area contributed by atoms with E-state index in [1.54, 1.807) is 11.8 Å². The molecule has 0 aliphatic carbocycles. The highest BCUT2D eigenvalue weighted by Gasteiger charge is 2.38. The molecule has 0 N–H and O–H groups in total. The molecule has 156 valence electrons. The lowest BCUT2D eigenvalue weighted by Crippen LogP contribution is -2.30. The number of rotatable bonds is 10. The van der Waals surface area contributed by atoms with E-state index in [2.05, 4.69) is 53.0 Å². The van der Waals surface area contributed by atoms with E-state index >= 15 is 0 Å². The smallest absolute Gasteiger partial charge is 0.316 e. The minimum atomic E-state index is -0.953. The van der Waals surface area contributed by atoms with Crippen LogP contribution in [0, 0.1) is 0 Å². The number of thioether (sulfide) groups is 1. The maximum atomic E-state index is 12.5. The molecule has 3 aromatic rings. The lowest BCUT2D eigenvalue weighted by Gasteiger charge is -2.36. The van der Waals surface area contributed by atoms with Gasteiger partial charge in [0.15, 0.2) is 0 Å². The lowest BCUT2D eigenvalue weighted by molar-refractivity contribution is -0.143. The van der Waals surface area contributed by atoms with Crippen molar-refractivity contribution in [3.05, 3.63) is 131 Å². The third-order valence-electron chi connectivity index (χ3n) is 4.81. The standard InChI is InChI=1S/C25H23N3O2S/c1-2-18-30-24(29)23(27-28-26)19-31-25(20-12-6-3-7-13-20,21-14-8-4-9-15-21)22-16-10-5-11-17-22/h2-17,23H,1,18-19H2/t23-/m0/s1. The minimum Gasteiger partial charge on any atom is -0.461 e. The molecule has 0 heterocycles. The molecule has 0 bridgehead atoms. The van der Waals surface area contributed by atoms with Crippen LogP contribution < -0.4 is 0 Å². The first kappa shape index (κ1) is 22.2. The summed E-state index contributed by atoms with van der Waals surface area (Å²) in [4.78, 5) is 15.3. The monoisotopic (exact) mass is 429 g/mol. The number of hydrogen-bond acceptors (Lipinski definition) is 4. The molecule has 0 radical (unpaired) electrons. The molecule has 0 aliphatic rings. The molecule has 0 amide bonds. The Bertz CT molecular complexity index is 939. The summed E-state index contributed by atoms with van der Waals surface area (Å²) < 4.78 is 4.55. The van der Waals surface area contributed by atoms with Gasteiger partial charge >= 0.3 is 5.97 Å². The zero-order chi connectivity index (χ0) is 21.9. The van der Waals surface area contributed by atoms with Crippen molar-refractivity contribution in [2.75, 3.05) is 12.4 Å². The highest BCUT2D eigenvalue weighted by molar-refractivity contribution is 8.00. The van der Waals surface area contributed by atoms with Gasteiger partial charge in [0, 0.05) is 10.7 Å². The average molecular weight is 430 g/mol. The van der Waals surface area contributed by atoms with Crippen LogP contribution in [-0.4, -0.2) is 24.4 Å². The molecular weight excluding hydrogens is 406 g/mol. The van der Waals surface area contributed by atoms with Gasteiger partial charge < -0.3 is 4.74 Å². The van der Waals surface area contributed by atoms with Crippen molar-refractivity contribution in [1.82, 2.24) is 0 Å². The van der Waals surface area contributed by atoms with Crippen molar-refractivity contribution in [1.29, 1.82) is 0 Å². The molecule has 3 rings (SSSR count). The number of carbonyl (C=O) groups excluding carboxylic acids is 1. The fourth-order valence-corrected chi connectivity index (χ4v) is 4.94. The molecule has 0 aliphatic heterocycles. The molecular formula is C25H23N3O2S.